The molecule has 0 rings (SSSR count). The molecule has 0 aliphatic heterocycles. The molecule has 0 unspecified atom stereocenters. The maximum absolute atomic E-state index is 8.28. The van der Waals surface area contributed by atoms with Gasteiger partial charge in [-0.05, 0) is 0 Å². The van der Waals surface area contributed by atoms with E-state index in [1.165, 1.54) is 0 Å². The van der Waals surface area contributed by atoms with E-state index in [4.69, 9.17) is 3.80 Å². The van der Waals surface area contributed by atoms with Gasteiger partial charge in [-0.3, -0.25) is 0 Å². The Balaban J connectivity index is -0.00000000500. The van der Waals surface area contributed by atoms with Crippen LogP contribution in [0.1, 0.15) is 0 Å². The molecule has 0 fully saturated rings. The van der Waals surface area contributed by atoms with Crippen LogP contribution in [0.25, 0.3) is 0 Å². The molecule has 0 aromatic heterocycles. The maximum atomic E-state index is 8.28. The van der Waals surface area contributed by atoms with E-state index in [2.05, 4.69) is 0 Å². The minimum absolute atomic E-state index is 0. The summed E-state index contributed by atoms with van der Waals surface area (Å²) in [5.74, 6) is 0. The molecule has 0 heterocycles. The van der Waals surface area contributed by atoms with Crippen LogP contribution in [0, 0.1) is 0 Å². The Hall–Kier alpha value is 1.71. The molecule has 0 amide bonds. The van der Waals surface area contributed by atoms with Gasteiger partial charge in [-0.2, -0.15) is 0 Å². The van der Waals surface area contributed by atoms with Gasteiger partial charge in [0.2, 0.25) is 0 Å². The zero-order valence-electron chi connectivity index (χ0n) is 1.93. The predicted molar refractivity (Wildman–Crippen MR) is 7.84 cm³/mol. The Bertz CT molecular complexity index is 8.00. The summed E-state index contributed by atoms with van der Waals surface area (Å²) in [5.41, 5.74) is 0. The van der Waals surface area contributed by atoms with E-state index in [0.29, 0.717) is 16.2 Å². The molecule has 22 valence electrons. The van der Waals surface area contributed by atoms with E-state index in [1.54, 1.807) is 0 Å². The van der Waals surface area contributed by atoms with Crippen molar-refractivity contribution in [3.05, 3.63) is 0 Å². The fraction of sp³-hybridized carbons (Fsp3) is 0. The van der Waals surface area contributed by atoms with Crippen LogP contribution >= 0.6 is 0 Å². The Labute approximate surface area is 61.7 Å². The Kier molecular flexibility index (Phi) is 95.6. The molecular formula is HAlMoOW. The third kappa shape index (κ3) is 9.32. The van der Waals surface area contributed by atoms with Crippen LogP contribution < -0.4 is 0 Å². The zero-order valence-corrected chi connectivity index (χ0v) is 8.29. The van der Waals surface area contributed by atoms with Gasteiger partial charge >= 0.3 is 20.0 Å². The summed E-state index contributed by atoms with van der Waals surface area (Å²) in [5, 5.41) is 0. The molecule has 0 saturated heterocycles. The van der Waals surface area contributed by atoms with Crippen LogP contribution in [-0.4, -0.2) is 16.2 Å². The van der Waals surface area contributed by atoms with E-state index in [0.717, 1.165) is 0 Å². The normalized spacial score (nSPS) is 0.750. The summed E-state index contributed by atoms with van der Waals surface area (Å²) >= 11 is 0.611. The van der Waals surface area contributed by atoms with Gasteiger partial charge < -0.3 is 0 Å². The molecule has 0 radical (unpaired) electrons. The van der Waals surface area contributed by atoms with Gasteiger partial charge in [0.05, 0.1) is 0 Å². The molecule has 0 aromatic rings. The second-order valence-corrected chi connectivity index (χ2v) is 0. The molecule has 0 saturated carbocycles. The third-order valence-corrected chi connectivity index (χ3v) is 0. The van der Waals surface area contributed by atoms with E-state index in [9.17, 15) is 0 Å². The number of hydrogen-bond acceptors (Lipinski definition) is 1. The van der Waals surface area contributed by atoms with Crippen LogP contribution in [0.4, 0.5) is 0 Å². The molecule has 0 aliphatic rings. The fourth-order valence-electron chi connectivity index (χ4n) is 0. The number of rotatable bonds is 0. The molecule has 4 heteroatoms. The maximum Gasteiger partial charge on any atom is 0 e. The topological polar surface area (TPSA) is 17.1 Å². The van der Waals surface area contributed by atoms with Gasteiger partial charge in [0, 0.05) is 42.1 Å². The minimum atomic E-state index is 0. The van der Waals surface area contributed by atoms with Crippen molar-refractivity contribution in [2.45, 2.75) is 0 Å². The van der Waals surface area contributed by atoms with E-state index in [1.807, 2.05) is 0 Å². The Morgan fingerprint density at radius 2 is 1.25 bits per heavy atom. The van der Waals surface area contributed by atoms with Gasteiger partial charge in [0.25, 0.3) is 0 Å². The summed E-state index contributed by atoms with van der Waals surface area (Å²) in [6, 6.07) is 0. The summed E-state index contributed by atoms with van der Waals surface area (Å²) in [6.45, 7) is 0. The quantitative estimate of drug-likeness (QED) is 0.535. The summed E-state index contributed by atoms with van der Waals surface area (Å²) in [4.78, 5) is 0. The monoisotopic (exact) mass is 326 g/mol. The third-order valence-electron chi connectivity index (χ3n) is 0. The van der Waals surface area contributed by atoms with Gasteiger partial charge in [0.15, 0.2) is 0 Å². The van der Waals surface area contributed by atoms with Crippen molar-refractivity contribution >= 4 is 16.2 Å². The molecule has 0 N–H and O–H groups in total. The van der Waals surface area contributed by atoms with Crippen molar-refractivity contribution in [1.82, 2.24) is 0 Å². The van der Waals surface area contributed by atoms with Crippen molar-refractivity contribution in [2.75, 3.05) is 0 Å². The fourth-order valence-corrected chi connectivity index (χ4v) is 0. The second-order valence-electron chi connectivity index (χ2n) is 0. The van der Waals surface area contributed by atoms with Crippen molar-refractivity contribution in [3.63, 3.8) is 0 Å². The smallest absolute Gasteiger partial charge is 0 e. The molecule has 0 atom stereocenters. The molecule has 0 spiro atoms. The number of hydrogen-bond donors (Lipinski definition) is 0. The van der Waals surface area contributed by atoms with Crippen molar-refractivity contribution in [1.29, 1.82) is 0 Å². The summed E-state index contributed by atoms with van der Waals surface area (Å²) in [7, 11) is 0. The van der Waals surface area contributed by atoms with Crippen LogP contribution in [0.3, 0.4) is 0 Å². The largest absolute Gasteiger partial charge is 0 e. The van der Waals surface area contributed by atoms with Crippen molar-refractivity contribution in [3.8, 4) is 0 Å². The SMILES string of the molecule is [Mo].[O]=[AlH].[W]. The van der Waals surface area contributed by atoms with E-state index < -0.39 is 0 Å². The van der Waals surface area contributed by atoms with Crippen LogP contribution in [0.5, 0.6) is 0 Å². The van der Waals surface area contributed by atoms with Crippen LogP contribution in [0.2, 0.25) is 0 Å². The van der Waals surface area contributed by atoms with Crippen LogP contribution in [-0.2, 0) is 45.9 Å². The first-order chi connectivity index (χ1) is 1.00. The van der Waals surface area contributed by atoms with Gasteiger partial charge in [0.1, 0.15) is 0 Å². The van der Waals surface area contributed by atoms with E-state index >= 15 is 0 Å². The Morgan fingerprint density at radius 1 is 1.25 bits per heavy atom. The standard InChI is InChI=1S/Al.Mo.O.W.H. The second kappa shape index (κ2) is 22.2. The molecule has 0 aliphatic carbocycles. The first-order valence-corrected chi connectivity index (χ1v) is 0.866. The first-order valence-electron chi connectivity index (χ1n) is 0.289. The van der Waals surface area contributed by atoms with Gasteiger partial charge in [-0.25, -0.2) is 0 Å². The summed E-state index contributed by atoms with van der Waals surface area (Å²) in [6.07, 6.45) is 0. The van der Waals surface area contributed by atoms with Gasteiger partial charge in [-0.1, -0.05) is 0 Å². The average Bonchev–Trinajstić information content (AvgIpc) is 1.00. The first kappa shape index (κ1) is 17.3. The zero-order chi connectivity index (χ0) is 2.00. The van der Waals surface area contributed by atoms with Crippen LogP contribution in [0.15, 0.2) is 0 Å². The molecule has 1 nitrogen and oxygen atoms in total. The Morgan fingerprint density at radius 3 is 1.25 bits per heavy atom. The minimum Gasteiger partial charge on any atom is 0 e. The van der Waals surface area contributed by atoms with Crippen molar-refractivity contribution in [2.24, 2.45) is 0 Å². The predicted octanol–water partition coefficient (Wildman–Crippen LogP) is -0.772. The molecule has 4 heavy (non-hydrogen) atoms. The summed E-state index contributed by atoms with van der Waals surface area (Å²) < 4.78 is 8.28. The molecule has 0 aromatic carbocycles. The van der Waals surface area contributed by atoms with Gasteiger partial charge in [-0.15, -0.1) is 0 Å². The van der Waals surface area contributed by atoms with Crippen molar-refractivity contribution < 1.29 is 45.9 Å². The molecule has 0 bridgehead atoms. The van der Waals surface area contributed by atoms with E-state index in [-0.39, 0.29) is 42.1 Å². The molecular weight excluding hydrogens is 323 g/mol. The average molecular weight is 324 g/mol.